The minimum atomic E-state index is -0.551. The Morgan fingerprint density at radius 3 is 2.96 bits per heavy atom. The van der Waals surface area contributed by atoms with E-state index < -0.39 is 5.82 Å². The Morgan fingerprint density at radius 1 is 1.36 bits per heavy atom. The number of fused-ring (bicyclic) bond motifs is 3. The van der Waals surface area contributed by atoms with Crippen LogP contribution in [-0.2, 0) is 13.5 Å². The van der Waals surface area contributed by atoms with Crippen molar-refractivity contribution in [1.82, 2.24) is 14.9 Å². The molecule has 25 heavy (non-hydrogen) atoms. The summed E-state index contributed by atoms with van der Waals surface area (Å²) in [5.41, 5.74) is 4.68. The average molecular weight is 333 g/mol. The quantitative estimate of drug-likeness (QED) is 0.754. The summed E-state index contributed by atoms with van der Waals surface area (Å²) >= 11 is 0. The first-order chi connectivity index (χ1) is 12.1. The zero-order valence-electron chi connectivity index (χ0n) is 13.7. The zero-order valence-corrected chi connectivity index (χ0v) is 13.7. The van der Waals surface area contributed by atoms with Crippen molar-refractivity contribution >= 4 is 28.2 Å². The summed E-state index contributed by atoms with van der Waals surface area (Å²) in [5, 5.41) is 16.3. The molecule has 0 spiro atoms. The predicted octanol–water partition coefficient (Wildman–Crippen LogP) is 3.44. The largest absolute Gasteiger partial charge is 0.385 e. The Hall–Kier alpha value is -3.33. The maximum absolute atomic E-state index is 13.8. The van der Waals surface area contributed by atoms with Gasteiger partial charge in [-0.1, -0.05) is 6.58 Å². The van der Waals surface area contributed by atoms with E-state index >= 15 is 0 Å². The molecule has 124 valence electrons. The van der Waals surface area contributed by atoms with Gasteiger partial charge in [0.2, 0.25) is 0 Å². The molecule has 3 heterocycles. The summed E-state index contributed by atoms with van der Waals surface area (Å²) in [4.78, 5) is 4.68. The van der Waals surface area contributed by atoms with E-state index in [1.807, 2.05) is 25.2 Å². The van der Waals surface area contributed by atoms with Gasteiger partial charge < -0.3 is 15.2 Å². The second kappa shape index (κ2) is 5.64. The molecule has 1 aliphatic rings. The van der Waals surface area contributed by atoms with Crippen LogP contribution >= 0.6 is 0 Å². The predicted molar refractivity (Wildman–Crippen MR) is 95.9 cm³/mol. The van der Waals surface area contributed by atoms with Gasteiger partial charge in [0, 0.05) is 48.0 Å². The Bertz CT molecular complexity index is 1060. The van der Waals surface area contributed by atoms with Crippen molar-refractivity contribution in [3.8, 4) is 6.07 Å². The molecule has 2 N–H and O–H groups in total. The monoisotopic (exact) mass is 333 g/mol. The summed E-state index contributed by atoms with van der Waals surface area (Å²) in [5.74, 6) is 0.0680. The molecule has 0 fully saturated rings. The van der Waals surface area contributed by atoms with Crippen molar-refractivity contribution in [2.75, 3.05) is 11.9 Å². The molecule has 0 bridgehead atoms. The molecule has 0 atom stereocenters. The van der Waals surface area contributed by atoms with Crippen LogP contribution in [0.2, 0.25) is 0 Å². The lowest BCUT2D eigenvalue weighted by atomic mass is 10.0. The fourth-order valence-electron chi connectivity index (χ4n) is 3.30. The van der Waals surface area contributed by atoms with E-state index in [0.717, 1.165) is 35.3 Å². The summed E-state index contributed by atoms with van der Waals surface area (Å²) in [7, 11) is 2.00. The number of nitriles is 1. The molecule has 6 heteroatoms. The first kappa shape index (κ1) is 15.2. The third-order valence-corrected chi connectivity index (χ3v) is 4.52. The minimum Gasteiger partial charge on any atom is -0.385 e. The van der Waals surface area contributed by atoms with Gasteiger partial charge in [0.15, 0.2) is 0 Å². The molecular formula is C19H16FN5. The van der Waals surface area contributed by atoms with E-state index in [1.54, 1.807) is 6.07 Å². The second-order valence-electron chi connectivity index (χ2n) is 6.04. The number of hydrogen-bond donors (Lipinski definition) is 2. The molecule has 0 aliphatic carbocycles. The molecule has 0 unspecified atom stereocenters. The number of halogens is 1. The summed E-state index contributed by atoms with van der Waals surface area (Å²) in [6.45, 7) is 4.97. The van der Waals surface area contributed by atoms with Crippen LogP contribution in [0.3, 0.4) is 0 Å². The molecule has 0 radical (unpaired) electrons. The van der Waals surface area contributed by atoms with Crippen molar-refractivity contribution < 1.29 is 4.39 Å². The van der Waals surface area contributed by atoms with Crippen LogP contribution in [0.25, 0.3) is 16.7 Å². The maximum Gasteiger partial charge on any atom is 0.143 e. The second-order valence-corrected chi connectivity index (χ2v) is 6.04. The van der Waals surface area contributed by atoms with Crippen molar-refractivity contribution in [1.29, 1.82) is 5.26 Å². The van der Waals surface area contributed by atoms with Crippen LogP contribution in [-0.4, -0.2) is 16.1 Å². The number of anilines is 2. The molecule has 0 amide bonds. The molecule has 1 aliphatic heterocycles. The van der Waals surface area contributed by atoms with Gasteiger partial charge in [-0.25, -0.2) is 9.37 Å². The lowest BCUT2D eigenvalue weighted by Crippen LogP contribution is -2.22. The topological polar surface area (TPSA) is 65.7 Å². The van der Waals surface area contributed by atoms with Gasteiger partial charge in [-0.15, -0.1) is 0 Å². The van der Waals surface area contributed by atoms with Gasteiger partial charge in [0.05, 0.1) is 5.56 Å². The first-order valence-electron chi connectivity index (χ1n) is 7.96. The highest BCUT2D eigenvalue weighted by atomic mass is 19.1. The van der Waals surface area contributed by atoms with Crippen LogP contribution in [0.5, 0.6) is 0 Å². The van der Waals surface area contributed by atoms with Crippen molar-refractivity contribution in [3.63, 3.8) is 0 Å². The Morgan fingerprint density at radius 2 is 2.20 bits per heavy atom. The van der Waals surface area contributed by atoms with Gasteiger partial charge in [0.1, 0.15) is 23.4 Å². The number of nitrogens with one attached hydrogen (secondary N) is 2. The third-order valence-electron chi connectivity index (χ3n) is 4.52. The van der Waals surface area contributed by atoms with E-state index in [9.17, 15) is 4.39 Å². The average Bonchev–Trinajstić information content (AvgIpc) is 2.89. The van der Waals surface area contributed by atoms with Crippen LogP contribution < -0.4 is 10.6 Å². The van der Waals surface area contributed by atoms with E-state index in [2.05, 4.69) is 26.8 Å². The number of aryl methyl sites for hydroxylation is 1. The lowest BCUT2D eigenvalue weighted by Gasteiger charge is -2.17. The van der Waals surface area contributed by atoms with Gasteiger partial charge in [-0.2, -0.15) is 5.26 Å². The summed E-state index contributed by atoms with van der Waals surface area (Å²) < 4.78 is 15.8. The zero-order chi connectivity index (χ0) is 17.6. The van der Waals surface area contributed by atoms with E-state index in [4.69, 9.17) is 5.26 Å². The number of aromatic nitrogens is 2. The van der Waals surface area contributed by atoms with Crippen LogP contribution in [0, 0.1) is 17.1 Å². The standard InChI is InChI=1S/C19H16FN5/c1-11-18-14-5-6-17(23-13-4-3-12(10-21)15(20)9-13)24-19(14)25(2)16(18)7-8-22-11/h3-6,9,22H,1,7-8H2,2H3,(H,23,24). The fourth-order valence-corrected chi connectivity index (χ4v) is 3.30. The maximum atomic E-state index is 13.8. The van der Waals surface area contributed by atoms with Crippen LogP contribution in [0.1, 0.15) is 16.8 Å². The van der Waals surface area contributed by atoms with Crippen molar-refractivity contribution in [3.05, 3.63) is 59.5 Å². The molecule has 0 saturated heterocycles. The fraction of sp³-hybridized carbons (Fsp3) is 0.158. The van der Waals surface area contributed by atoms with E-state index in [0.29, 0.717) is 11.5 Å². The van der Waals surface area contributed by atoms with Gasteiger partial charge in [-0.3, -0.25) is 0 Å². The SMILES string of the molecule is C=C1NCCc2c1c1ccc(Nc3ccc(C#N)c(F)c3)nc1n2C. The number of benzene rings is 1. The Balaban J connectivity index is 1.75. The summed E-state index contributed by atoms with van der Waals surface area (Å²) in [6.07, 6.45) is 0.921. The third kappa shape index (κ3) is 2.41. The number of pyridine rings is 1. The van der Waals surface area contributed by atoms with Crippen molar-refractivity contribution in [2.45, 2.75) is 6.42 Å². The number of nitrogens with zero attached hydrogens (tertiary/aromatic N) is 3. The molecule has 3 aromatic rings. The minimum absolute atomic E-state index is 0.0232. The van der Waals surface area contributed by atoms with E-state index in [-0.39, 0.29) is 5.56 Å². The van der Waals surface area contributed by atoms with E-state index in [1.165, 1.54) is 17.8 Å². The highest BCUT2D eigenvalue weighted by Gasteiger charge is 2.21. The lowest BCUT2D eigenvalue weighted by molar-refractivity contribution is 0.624. The van der Waals surface area contributed by atoms with Gasteiger partial charge in [0.25, 0.3) is 0 Å². The number of rotatable bonds is 2. The highest BCUT2D eigenvalue weighted by molar-refractivity contribution is 5.93. The van der Waals surface area contributed by atoms with Gasteiger partial charge in [-0.05, 0) is 30.3 Å². The smallest absolute Gasteiger partial charge is 0.143 e. The van der Waals surface area contributed by atoms with Gasteiger partial charge >= 0.3 is 0 Å². The molecule has 1 aromatic carbocycles. The molecular weight excluding hydrogens is 317 g/mol. The van der Waals surface area contributed by atoms with Crippen LogP contribution in [0.15, 0.2) is 36.9 Å². The molecule has 5 nitrogen and oxygen atoms in total. The molecule has 0 saturated carbocycles. The number of hydrogen-bond acceptors (Lipinski definition) is 4. The highest BCUT2D eigenvalue weighted by Crippen LogP contribution is 2.32. The first-order valence-corrected chi connectivity index (χ1v) is 7.96. The molecule has 2 aromatic heterocycles. The van der Waals surface area contributed by atoms with Crippen LogP contribution in [0.4, 0.5) is 15.9 Å². The van der Waals surface area contributed by atoms with Crippen molar-refractivity contribution in [2.24, 2.45) is 7.05 Å². The summed E-state index contributed by atoms with van der Waals surface area (Å²) in [6, 6.07) is 10.1. The normalized spacial score (nSPS) is 13.2. The Kier molecular flexibility index (Phi) is 3.43. The Labute approximate surface area is 144 Å². The molecule has 4 rings (SSSR count).